The molecule has 45 heavy (non-hydrogen) atoms. The summed E-state index contributed by atoms with van der Waals surface area (Å²) in [6.45, 7) is 3.10. The highest BCUT2D eigenvalue weighted by Gasteiger charge is 2.19. The number of ether oxygens (including phenoxy) is 4. The van der Waals surface area contributed by atoms with Crippen LogP contribution in [0.25, 0.3) is 11.1 Å². The van der Waals surface area contributed by atoms with Crippen molar-refractivity contribution in [3.63, 3.8) is 0 Å². The highest BCUT2D eigenvalue weighted by molar-refractivity contribution is 5.99. The summed E-state index contributed by atoms with van der Waals surface area (Å²) >= 11 is 0. The van der Waals surface area contributed by atoms with Crippen LogP contribution in [0.15, 0.2) is 97.1 Å². The number of carbonyl (C=O) groups excluding carboxylic acids is 1. The van der Waals surface area contributed by atoms with E-state index in [2.05, 4.69) is 18.3 Å². The Morgan fingerprint density at radius 1 is 0.822 bits per heavy atom. The van der Waals surface area contributed by atoms with Crippen molar-refractivity contribution in [2.24, 2.45) is 0 Å². The van der Waals surface area contributed by atoms with Crippen LogP contribution in [0.1, 0.15) is 66.1 Å². The van der Waals surface area contributed by atoms with Gasteiger partial charge in [0.2, 0.25) is 6.79 Å². The Bertz CT molecular complexity index is 1610. The fraction of sp³-hybridized carbons (Fsp3) is 0.289. The highest BCUT2D eigenvalue weighted by atomic mass is 16.7. The molecule has 2 N–H and O–H groups in total. The Kier molecular flexibility index (Phi) is 9.78. The third-order valence-corrected chi connectivity index (χ3v) is 8.32. The molecular weight excluding hydrogens is 566 g/mol. The SMILES string of the molecule is CCC(=C(c1ccc(OCC(O)CNC2CCCC2)cc1)c1ccc(OC(=O)c2ccccc2)cc1)c1ccc2c(c1)OCO2. The smallest absolute Gasteiger partial charge is 0.343 e. The van der Waals surface area contributed by atoms with Gasteiger partial charge in [-0.25, -0.2) is 4.79 Å². The predicted molar refractivity (Wildman–Crippen MR) is 175 cm³/mol. The Morgan fingerprint density at radius 3 is 2.16 bits per heavy atom. The molecule has 1 heterocycles. The van der Waals surface area contributed by atoms with Crippen molar-refractivity contribution in [2.45, 2.75) is 51.2 Å². The number of aliphatic hydroxyl groups excluding tert-OH is 1. The van der Waals surface area contributed by atoms with E-state index in [-0.39, 0.29) is 13.4 Å². The summed E-state index contributed by atoms with van der Waals surface area (Å²) in [4.78, 5) is 12.6. The Labute approximate surface area is 264 Å². The largest absolute Gasteiger partial charge is 0.491 e. The van der Waals surface area contributed by atoms with Gasteiger partial charge in [-0.15, -0.1) is 0 Å². The van der Waals surface area contributed by atoms with E-state index in [1.54, 1.807) is 12.1 Å². The number of hydrogen-bond acceptors (Lipinski definition) is 7. The highest BCUT2D eigenvalue weighted by Crippen LogP contribution is 2.40. The summed E-state index contributed by atoms with van der Waals surface area (Å²) in [6, 6.07) is 31.0. The molecular formula is C38H39NO6. The molecule has 4 aromatic carbocycles. The van der Waals surface area contributed by atoms with E-state index in [4.69, 9.17) is 18.9 Å². The van der Waals surface area contributed by atoms with Crippen LogP contribution in [0.2, 0.25) is 0 Å². The number of esters is 1. The van der Waals surface area contributed by atoms with Crippen LogP contribution >= 0.6 is 0 Å². The molecule has 0 spiro atoms. The van der Waals surface area contributed by atoms with E-state index in [1.165, 1.54) is 25.7 Å². The maximum Gasteiger partial charge on any atom is 0.343 e. The zero-order valence-electron chi connectivity index (χ0n) is 25.5. The fourth-order valence-corrected chi connectivity index (χ4v) is 5.96. The van der Waals surface area contributed by atoms with Gasteiger partial charge in [0.1, 0.15) is 24.2 Å². The molecule has 1 atom stereocenters. The summed E-state index contributed by atoms with van der Waals surface area (Å²) < 4.78 is 22.8. The van der Waals surface area contributed by atoms with Gasteiger partial charge in [0, 0.05) is 12.6 Å². The van der Waals surface area contributed by atoms with Crippen LogP contribution in [0.4, 0.5) is 0 Å². The van der Waals surface area contributed by atoms with Crippen LogP contribution < -0.4 is 24.3 Å². The number of hydrogen-bond donors (Lipinski definition) is 2. The molecule has 1 aliphatic heterocycles. The maximum absolute atomic E-state index is 12.6. The molecule has 7 heteroatoms. The van der Waals surface area contributed by atoms with Gasteiger partial charge in [-0.2, -0.15) is 0 Å². The second-order valence-electron chi connectivity index (χ2n) is 11.4. The number of allylic oxidation sites excluding steroid dienone is 1. The van der Waals surface area contributed by atoms with Crippen molar-refractivity contribution in [1.82, 2.24) is 5.32 Å². The third kappa shape index (κ3) is 7.56. The topological polar surface area (TPSA) is 86.2 Å². The standard InChI is InChI=1S/C38H39NO6/c1-2-34(29-16-21-35-36(22-29)44-25-43-35)37(27-14-19-33(20-15-27)45-38(41)28-8-4-3-5-9-28)26-12-17-32(18-13-26)42-24-31(40)23-39-30-10-6-7-11-30/h3-5,8-9,12-22,30-31,39-40H,2,6-7,10-11,23-25H2,1H3. The lowest BCUT2D eigenvalue weighted by Gasteiger charge is -2.18. The van der Waals surface area contributed by atoms with Crippen molar-refractivity contribution in [3.8, 4) is 23.0 Å². The van der Waals surface area contributed by atoms with Crippen LogP contribution in [0, 0.1) is 0 Å². The Morgan fingerprint density at radius 2 is 1.47 bits per heavy atom. The number of aliphatic hydroxyl groups is 1. The lowest BCUT2D eigenvalue weighted by Crippen LogP contribution is -2.36. The summed E-state index contributed by atoms with van der Waals surface area (Å²) in [6.07, 6.45) is 5.06. The van der Waals surface area contributed by atoms with Crippen molar-refractivity contribution in [1.29, 1.82) is 0 Å². The summed E-state index contributed by atoms with van der Waals surface area (Å²) in [5.41, 5.74) is 5.70. The Balaban J connectivity index is 1.24. The zero-order valence-corrected chi connectivity index (χ0v) is 25.5. The summed E-state index contributed by atoms with van der Waals surface area (Å²) in [7, 11) is 0. The number of nitrogens with one attached hydrogen (secondary N) is 1. The fourth-order valence-electron chi connectivity index (χ4n) is 5.96. The van der Waals surface area contributed by atoms with E-state index in [1.807, 2.05) is 78.9 Å². The average Bonchev–Trinajstić information content (AvgIpc) is 3.79. The monoisotopic (exact) mass is 605 g/mol. The molecule has 4 aromatic rings. The van der Waals surface area contributed by atoms with Gasteiger partial charge in [0.25, 0.3) is 0 Å². The number of carbonyl (C=O) groups is 1. The van der Waals surface area contributed by atoms with Gasteiger partial charge < -0.3 is 29.4 Å². The minimum Gasteiger partial charge on any atom is -0.491 e. The molecule has 7 nitrogen and oxygen atoms in total. The normalized spacial score (nSPS) is 15.4. The lowest BCUT2D eigenvalue weighted by atomic mass is 9.88. The minimum atomic E-state index is -0.576. The average molecular weight is 606 g/mol. The molecule has 0 bridgehead atoms. The van der Waals surface area contributed by atoms with Gasteiger partial charge in [0.15, 0.2) is 11.5 Å². The maximum atomic E-state index is 12.6. The first-order chi connectivity index (χ1) is 22.1. The summed E-state index contributed by atoms with van der Waals surface area (Å²) in [5, 5.41) is 13.9. The van der Waals surface area contributed by atoms with E-state index >= 15 is 0 Å². The molecule has 1 saturated carbocycles. The van der Waals surface area contributed by atoms with Crippen LogP contribution in [0.5, 0.6) is 23.0 Å². The van der Waals surface area contributed by atoms with Gasteiger partial charge in [0.05, 0.1) is 5.56 Å². The first-order valence-electron chi connectivity index (χ1n) is 15.7. The molecule has 232 valence electrons. The van der Waals surface area contributed by atoms with Gasteiger partial charge >= 0.3 is 5.97 Å². The van der Waals surface area contributed by atoms with Crippen molar-refractivity contribution >= 4 is 17.1 Å². The van der Waals surface area contributed by atoms with E-state index in [9.17, 15) is 9.90 Å². The molecule has 1 aliphatic carbocycles. The number of benzene rings is 4. The number of rotatable bonds is 12. The Hall–Kier alpha value is -4.59. The van der Waals surface area contributed by atoms with Crippen molar-refractivity contribution < 1.29 is 28.8 Å². The molecule has 0 amide bonds. The zero-order chi connectivity index (χ0) is 31.0. The van der Waals surface area contributed by atoms with E-state index in [0.717, 1.165) is 45.8 Å². The van der Waals surface area contributed by atoms with Crippen LogP contribution in [0.3, 0.4) is 0 Å². The van der Waals surface area contributed by atoms with Gasteiger partial charge in [-0.1, -0.05) is 68.3 Å². The molecule has 0 radical (unpaired) electrons. The third-order valence-electron chi connectivity index (χ3n) is 8.32. The van der Waals surface area contributed by atoms with Crippen molar-refractivity contribution in [2.75, 3.05) is 19.9 Å². The minimum absolute atomic E-state index is 0.215. The van der Waals surface area contributed by atoms with Gasteiger partial charge in [-0.05, 0) is 95.6 Å². The molecule has 2 aliphatic rings. The number of fused-ring (bicyclic) bond motifs is 1. The van der Waals surface area contributed by atoms with E-state index < -0.39 is 12.1 Å². The quantitative estimate of drug-likeness (QED) is 0.0998. The second kappa shape index (κ2) is 14.5. The molecule has 6 rings (SSSR count). The molecule has 1 unspecified atom stereocenters. The predicted octanol–water partition coefficient (Wildman–Crippen LogP) is 7.28. The first kappa shape index (κ1) is 30.4. The van der Waals surface area contributed by atoms with Crippen LogP contribution in [-0.2, 0) is 0 Å². The van der Waals surface area contributed by atoms with E-state index in [0.29, 0.717) is 29.6 Å². The summed E-state index contributed by atoms with van der Waals surface area (Å²) in [5.74, 6) is 2.23. The molecule has 0 saturated heterocycles. The lowest BCUT2D eigenvalue weighted by molar-refractivity contribution is 0.0734. The van der Waals surface area contributed by atoms with Crippen LogP contribution in [-0.4, -0.2) is 43.2 Å². The van der Waals surface area contributed by atoms with Gasteiger partial charge in [-0.3, -0.25) is 0 Å². The van der Waals surface area contributed by atoms with Crippen molar-refractivity contribution in [3.05, 3.63) is 119 Å². The first-order valence-corrected chi connectivity index (χ1v) is 15.7. The molecule has 1 fully saturated rings. The molecule has 0 aromatic heterocycles. The second-order valence-corrected chi connectivity index (χ2v) is 11.4.